The van der Waals surface area contributed by atoms with Gasteiger partial charge in [0.1, 0.15) is 10.6 Å². The molecule has 0 radical (unpaired) electrons. The van der Waals surface area contributed by atoms with Crippen LogP contribution >= 0.6 is 22.9 Å². The molecule has 1 aliphatic rings. The number of ether oxygens (including phenoxy) is 1. The zero-order valence-corrected chi connectivity index (χ0v) is 23.0. The Bertz CT molecular complexity index is 1400. The highest BCUT2D eigenvalue weighted by Crippen LogP contribution is 2.39. The molecule has 4 aromatic rings. The SMILES string of the molecule is CN[C@H]1CC[C@H](N(Cc2cc(-c3ccncc3)ccc2OC)C(=O)c2sc3cccc(C)c3c2Cl)CC1. The molecule has 1 fully saturated rings. The number of rotatable bonds is 7. The van der Waals surface area contributed by atoms with E-state index in [4.69, 9.17) is 16.3 Å². The van der Waals surface area contributed by atoms with Gasteiger partial charge in [0.05, 0.1) is 12.1 Å². The predicted octanol–water partition coefficient (Wildman–Crippen LogP) is 7.11. The Morgan fingerprint density at radius 3 is 2.54 bits per heavy atom. The number of amides is 1. The molecule has 0 aliphatic heterocycles. The number of hydrogen-bond acceptors (Lipinski definition) is 5. The van der Waals surface area contributed by atoms with Gasteiger partial charge in [-0.3, -0.25) is 9.78 Å². The molecule has 0 saturated heterocycles. The molecule has 5 nitrogen and oxygen atoms in total. The largest absolute Gasteiger partial charge is 0.496 e. The molecule has 0 unspecified atom stereocenters. The molecule has 1 aliphatic carbocycles. The molecule has 2 heterocycles. The zero-order valence-electron chi connectivity index (χ0n) is 21.5. The number of thiophene rings is 1. The first-order chi connectivity index (χ1) is 18.0. The molecule has 2 aromatic carbocycles. The van der Waals surface area contributed by atoms with E-state index in [9.17, 15) is 4.79 Å². The Labute approximate surface area is 227 Å². The Morgan fingerprint density at radius 2 is 1.86 bits per heavy atom. The molecule has 1 amide bonds. The van der Waals surface area contributed by atoms with Crippen LogP contribution in [0.2, 0.25) is 5.02 Å². The highest BCUT2D eigenvalue weighted by Gasteiger charge is 2.32. The van der Waals surface area contributed by atoms with Crippen LogP contribution in [0.15, 0.2) is 60.9 Å². The summed E-state index contributed by atoms with van der Waals surface area (Å²) in [4.78, 5) is 21.0. The second-order valence-corrected chi connectivity index (χ2v) is 11.1. The molecule has 0 bridgehead atoms. The molecule has 0 spiro atoms. The first-order valence-corrected chi connectivity index (χ1v) is 13.9. The number of nitrogens with one attached hydrogen (secondary N) is 1. The lowest BCUT2D eigenvalue weighted by Crippen LogP contribution is -2.44. The van der Waals surface area contributed by atoms with Gasteiger partial charge in [0.25, 0.3) is 5.91 Å². The summed E-state index contributed by atoms with van der Waals surface area (Å²) in [6.45, 7) is 2.50. The van der Waals surface area contributed by atoms with Crippen molar-refractivity contribution in [2.75, 3.05) is 14.2 Å². The number of carbonyl (C=O) groups excluding carboxylic acids is 1. The fraction of sp³-hybridized carbons (Fsp3) is 0.333. The third-order valence-electron chi connectivity index (χ3n) is 7.50. The van der Waals surface area contributed by atoms with Crippen molar-refractivity contribution in [3.8, 4) is 16.9 Å². The topological polar surface area (TPSA) is 54.5 Å². The molecule has 1 saturated carbocycles. The first-order valence-electron chi connectivity index (χ1n) is 12.7. The van der Waals surface area contributed by atoms with Gasteiger partial charge in [-0.25, -0.2) is 0 Å². The van der Waals surface area contributed by atoms with Gasteiger partial charge in [-0.15, -0.1) is 11.3 Å². The fourth-order valence-electron chi connectivity index (χ4n) is 5.40. The van der Waals surface area contributed by atoms with E-state index < -0.39 is 0 Å². The molecule has 5 rings (SSSR count). The lowest BCUT2D eigenvalue weighted by Gasteiger charge is -2.37. The normalized spacial score (nSPS) is 17.6. The minimum Gasteiger partial charge on any atom is -0.496 e. The maximum Gasteiger partial charge on any atom is 0.266 e. The smallest absolute Gasteiger partial charge is 0.266 e. The Morgan fingerprint density at radius 1 is 1.11 bits per heavy atom. The highest BCUT2D eigenvalue weighted by atomic mass is 35.5. The average molecular weight is 534 g/mol. The molecule has 2 aromatic heterocycles. The minimum atomic E-state index is -0.00475. The van der Waals surface area contributed by atoms with E-state index in [2.05, 4.69) is 16.4 Å². The number of nitrogens with zero attached hydrogens (tertiary/aromatic N) is 2. The number of methoxy groups -OCH3 is 1. The fourth-order valence-corrected chi connectivity index (χ4v) is 7.03. The summed E-state index contributed by atoms with van der Waals surface area (Å²) in [5.41, 5.74) is 4.22. The van der Waals surface area contributed by atoms with Crippen molar-refractivity contribution >= 4 is 38.9 Å². The first kappa shape index (κ1) is 25.7. The van der Waals surface area contributed by atoms with Gasteiger partial charge >= 0.3 is 0 Å². The summed E-state index contributed by atoms with van der Waals surface area (Å²) < 4.78 is 6.79. The Hall–Kier alpha value is -2.93. The molecular weight excluding hydrogens is 502 g/mol. The average Bonchev–Trinajstić information content (AvgIpc) is 3.29. The van der Waals surface area contributed by atoms with E-state index in [1.165, 1.54) is 11.3 Å². The van der Waals surface area contributed by atoms with Crippen LogP contribution in [0.5, 0.6) is 5.75 Å². The molecule has 7 heteroatoms. The maximum absolute atomic E-state index is 14.2. The summed E-state index contributed by atoms with van der Waals surface area (Å²) in [6.07, 6.45) is 7.56. The van der Waals surface area contributed by atoms with Crippen LogP contribution < -0.4 is 10.1 Å². The number of fused-ring (bicyclic) bond motifs is 1. The second kappa shape index (κ2) is 11.2. The maximum atomic E-state index is 14.2. The predicted molar refractivity (Wildman–Crippen MR) is 153 cm³/mol. The van der Waals surface area contributed by atoms with Crippen molar-refractivity contribution < 1.29 is 9.53 Å². The van der Waals surface area contributed by atoms with Crippen molar-refractivity contribution in [1.29, 1.82) is 0 Å². The number of carbonyl (C=O) groups is 1. The van der Waals surface area contributed by atoms with Crippen LogP contribution in [0.4, 0.5) is 0 Å². The van der Waals surface area contributed by atoms with E-state index in [0.717, 1.165) is 63.8 Å². The van der Waals surface area contributed by atoms with Crippen molar-refractivity contribution in [2.45, 2.75) is 51.2 Å². The second-order valence-electron chi connectivity index (χ2n) is 9.68. The number of halogens is 1. The van der Waals surface area contributed by atoms with E-state index in [1.807, 2.05) is 61.3 Å². The number of hydrogen-bond donors (Lipinski definition) is 1. The van der Waals surface area contributed by atoms with E-state index in [0.29, 0.717) is 22.5 Å². The number of aromatic nitrogens is 1. The minimum absolute atomic E-state index is 0.00475. The van der Waals surface area contributed by atoms with E-state index in [-0.39, 0.29) is 11.9 Å². The quantitative estimate of drug-likeness (QED) is 0.275. The third-order valence-corrected chi connectivity index (χ3v) is 9.13. The molecular formula is C30H32ClN3O2S. The third kappa shape index (κ3) is 5.24. The van der Waals surface area contributed by atoms with Gasteiger partial charge in [-0.2, -0.15) is 0 Å². The Balaban J connectivity index is 1.54. The van der Waals surface area contributed by atoms with Crippen molar-refractivity contribution in [3.05, 3.63) is 82.0 Å². The molecule has 1 N–H and O–H groups in total. The summed E-state index contributed by atoms with van der Waals surface area (Å²) >= 11 is 8.37. The van der Waals surface area contributed by atoms with Crippen LogP contribution in [-0.4, -0.2) is 42.0 Å². The van der Waals surface area contributed by atoms with Crippen LogP contribution in [0, 0.1) is 6.92 Å². The molecule has 0 atom stereocenters. The van der Waals surface area contributed by atoms with Gasteiger partial charge in [0.15, 0.2) is 0 Å². The summed E-state index contributed by atoms with van der Waals surface area (Å²) in [5.74, 6) is 0.771. The lowest BCUT2D eigenvalue weighted by atomic mass is 9.89. The van der Waals surface area contributed by atoms with Crippen LogP contribution in [-0.2, 0) is 6.54 Å². The van der Waals surface area contributed by atoms with Gasteiger partial charge in [0.2, 0.25) is 0 Å². The Kier molecular flexibility index (Phi) is 7.79. The number of aryl methyl sites for hydroxylation is 1. The standard InChI is InChI=1S/C30H32ClN3O2S/c1-19-5-4-6-26-27(19)28(31)29(37-26)30(35)34(24-10-8-23(32-2)9-11-24)18-22-17-21(7-12-25(22)36-3)20-13-15-33-16-14-20/h4-7,12-17,23-24,32H,8-11,18H2,1-3H3/t23-,24-. The summed E-state index contributed by atoms with van der Waals surface area (Å²) in [7, 11) is 3.70. The zero-order chi connectivity index (χ0) is 25.9. The van der Waals surface area contributed by atoms with Crippen LogP contribution in [0.25, 0.3) is 21.2 Å². The van der Waals surface area contributed by atoms with Gasteiger partial charge in [-0.1, -0.05) is 29.8 Å². The monoisotopic (exact) mass is 533 g/mol. The summed E-state index contributed by atoms with van der Waals surface area (Å²) in [6, 6.07) is 16.9. The van der Waals surface area contributed by atoms with Crippen LogP contribution in [0.1, 0.15) is 46.5 Å². The van der Waals surface area contributed by atoms with Crippen molar-refractivity contribution in [2.24, 2.45) is 0 Å². The van der Waals surface area contributed by atoms with Gasteiger partial charge in [-0.05, 0) is 86.7 Å². The molecule has 192 valence electrons. The van der Waals surface area contributed by atoms with Crippen molar-refractivity contribution in [3.63, 3.8) is 0 Å². The summed E-state index contributed by atoms with van der Waals surface area (Å²) in [5, 5.41) is 4.95. The van der Waals surface area contributed by atoms with Crippen LogP contribution in [0.3, 0.4) is 0 Å². The van der Waals surface area contributed by atoms with Gasteiger partial charge in [0, 0.05) is 46.7 Å². The molecule has 37 heavy (non-hydrogen) atoms. The number of benzene rings is 2. The van der Waals surface area contributed by atoms with Gasteiger partial charge < -0.3 is 15.0 Å². The number of pyridine rings is 1. The van der Waals surface area contributed by atoms with E-state index in [1.54, 1.807) is 19.5 Å². The highest BCUT2D eigenvalue weighted by molar-refractivity contribution is 7.21. The van der Waals surface area contributed by atoms with Crippen molar-refractivity contribution in [1.82, 2.24) is 15.2 Å². The lowest BCUT2D eigenvalue weighted by molar-refractivity contribution is 0.0604. The van der Waals surface area contributed by atoms with E-state index >= 15 is 0 Å².